The Kier molecular flexibility index (Phi) is 7.09. The molecule has 2 heterocycles. The summed E-state index contributed by atoms with van der Waals surface area (Å²) in [5.74, 6) is 0. The molecule has 2 aromatic rings. The molecule has 1 fully saturated rings. The standard InChI is InChI=1S/C19H26N4O5S2/c1-29(25,26)21-17-5-7-19(8-6-17)30(27,28)23-13-12-22(14-18(24)15-23)11-9-16-4-2-3-10-20-16/h2-8,10,18,21,24H,9,11-15H2,1H3. The molecular weight excluding hydrogens is 428 g/mol. The van der Waals surface area contributed by atoms with E-state index in [1.165, 1.54) is 28.6 Å². The molecule has 164 valence electrons. The third-order valence-electron chi connectivity index (χ3n) is 4.75. The molecule has 1 atom stereocenters. The number of hydrogen-bond donors (Lipinski definition) is 2. The second-order valence-electron chi connectivity index (χ2n) is 7.29. The van der Waals surface area contributed by atoms with E-state index >= 15 is 0 Å². The van der Waals surface area contributed by atoms with Gasteiger partial charge in [0, 0.05) is 56.7 Å². The zero-order valence-corrected chi connectivity index (χ0v) is 18.3. The van der Waals surface area contributed by atoms with E-state index in [0.717, 1.165) is 18.4 Å². The van der Waals surface area contributed by atoms with Gasteiger partial charge in [-0.25, -0.2) is 16.8 Å². The number of aliphatic hydroxyl groups excluding tert-OH is 1. The first-order valence-corrected chi connectivity index (χ1v) is 12.8. The van der Waals surface area contributed by atoms with Crippen LogP contribution in [-0.2, 0) is 26.5 Å². The second kappa shape index (κ2) is 9.40. The highest BCUT2D eigenvalue weighted by Gasteiger charge is 2.30. The van der Waals surface area contributed by atoms with Crippen molar-refractivity contribution in [1.82, 2.24) is 14.2 Å². The SMILES string of the molecule is CS(=O)(=O)Nc1ccc(S(=O)(=O)N2CCN(CCc3ccccn3)CC(O)C2)cc1. The monoisotopic (exact) mass is 454 g/mol. The first-order chi connectivity index (χ1) is 14.1. The van der Waals surface area contributed by atoms with E-state index in [2.05, 4.69) is 9.71 Å². The first kappa shape index (κ1) is 22.6. The van der Waals surface area contributed by atoms with E-state index in [9.17, 15) is 21.9 Å². The van der Waals surface area contributed by atoms with Crippen molar-refractivity contribution >= 4 is 25.7 Å². The molecule has 1 aliphatic heterocycles. The molecule has 1 saturated heterocycles. The fraction of sp³-hybridized carbons (Fsp3) is 0.421. The average molecular weight is 455 g/mol. The number of anilines is 1. The molecule has 1 aromatic heterocycles. The lowest BCUT2D eigenvalue weighted by Crippen LogP contribution is -2.37. The Hall–Kier alpha value is -2.05. The second-order valence-corrected chi connectivity index (χ2v) is 11.0. The number of benzene rings is 1. The lowest BCUT2D eigenvalue weighted by atomic mass is 10.2. The maximum absolute atomic E-state index is 13.0. The molecule has 1 aliphatic rings. The minimum absolute atomic E-state index is 0.00572. The summed E-state index contributed by atoms with van der Waals surface area (Å²) >= 11 is 0. The first-order valence-electron chi connectivity index (χ1n) is 9.52. The molecule has 3 rings (SSSR count). The predicted molar refractivity (Wildman–Crippen MR) is 114 cm³/mol. The van der Waals surface area contributed by atoms with Crippen molar-refractivity contribution in [1.29, 1.82) is 0 Å². The third-order valence-corrected chi connectivity index (χ3v) is 7.24. The Balaban J connectivity index is 1.66. The number of pyridine rings is 1. The van der Waals surface area contributed by atoms with Crippen LogP contribution in [0.15, 0.2) is 53.6 Å². The molecule has 11 heteroatoms. The number of hydrogen-bond acceptors (Lipinski definition) is 7. The predicted octanol–water partition coefficient (Wildman–Crippen LogP) is 0.363. The lowest BCUT2D eigenvalue weighted by molar-refractivity contribution is 0.123. The summed E-state index contributed by atoms with van der Waals surface area (Å²) in [5, 5.41) is 10.4. The van der Waals surface area contributed by atoms with Gasteiger partial charge < -0.3 is 5.11 Å². The van der Waals surface area contributed by atoms with Crippen LogP contribution in [0.1, 0.15) is 5.69 Å². The number of aliphatic hydroxyl groups is 1. The highest BCUT2D eigenvalue weighted by atomic mass is 32.2. The molecule has 1 aromatic carbocycles. The van der Waals surface area contributed by atoms with E-state index in [1.54, 1.807) is 6.20 Å². The average Bonchev–Trinajstić information content (AvgIpc) is 2.88. The summed E-state index contributed by atoms with van der Waals surface area (Å²) in [4.78, 5) is 6.38. The van der Waals surface area contributed by atoms with Crippen molar-refractivity contribution in [2.75, 3.05) is 43.7 Å². The Labute approximate surface area is 177 Å². The molecule has 0 bridgehead atoms. The maximum Gasteiger partial charge on any atom is 0.243 e. The van der Waals surface area contributed by atoms with Gasteiger partial charge in [0.1, 0.15) is 0 Å². The van der Waals surface area contributed by atoms with Gasteiger partial charge in [0.2, 0.25) is 20.0 Å². The van der Waals surface area contributed by atoms with Crippen molar-refractivity contribution in [2.45, 2.75) is 17.4 Å². The van der Waals surface area contributed by atoms with Gasteiger partial charge in [-0.05, 0) is 36.4 Å². The van der Waals surface area contributed by atoms with Gasteiger partial charge in [0.15, 0.2) is 0 Å². The minimum atomic E-state index is -3.81. The fourth-order valence-corrected chi connectivity index (χ4v) is 5.36. The Morgan fingerprint density at radius 2 is 1.80 bits per heavy atom. The van der Waals surface area contributed by atoms with E-state index in [0.29, 0.717) is 19.6 Å². The summed E-state index contributed by atoms with van der Waals surface area (Å²) in [7, 11) is -7.25. The lowest BCUT2D eigenvalue weighted by Gasteiger charge is -2.21. The Morgan fingerprint density at radius 3 is 2.43 bits per heavy atom. The van der Waals surface area contributed by atoms with Gasteiger partial charge in [-0.15, -0.1) is 0 Å². The van der Waals surface area contributed by atoms with E-state index in [1.807, 2.05) is 23.1 Å². The van der Waals surface area contributed by atoms with Gasteiger partial charge in [-0.1, -0.05) is 6.07 Å². The molecule has 30 heavy (non-hydrogen) atoms. The van der Waals surface area contributed by atoms with Crippen LogP contribution in [0.4, 0.5) is 5.69 Å². The van der Waals surface area contributed by atoms with Crippen LogP contribution < -0.4 is 4.72 Å². The van der Waals surface area contributed by atoms with Crippen LogP contribution in [0.3, 0.4) is 0 Å². The quantitative estimate of drug-likeness (QED) is 0.620. The van der Waals surface area contributed by atoms with Gasteiger partial charge >= 0.3 is 0 Å². The largest absolute Gasteiger partial charge is 0.390 e. The third kappa shape index (κ3) is 6.22. The highest BCUT2D eigenvalue weighted by Crippen LogP contribution is 2.20. The molecule has 1 unspecified atom stereocenters. The normalized spacial score (nSPS) is 19.3. The van der Waals surface area contributed by atoms with Gasteiger partial charge in [0.25, 0.3) is 0 Å². The summed E-state index contributed by atoms with van der Waals surface area (Å²) in [6, 6.07) is 11.2. The number of β-amino-alcohol motifs (C(OH)–C–C–N with tert-alkyl or cyclic N) is 1. The Bertz CT molecular complexity index is 1040. The number of nitrogens with zero attached hydrogens (tertiary/aromatic N) is 3. The summed E-state index contributed by atoms with van der Waals surface area (Å²) in [6.45, 7) is 1.82. The highest BCUT2D eigenvalue weighted by molar-refractivity contribution is 7.92. The van der Waals surface area contributed by atoms with Crippen LogP contribution >= 0.6 is 0 Å². The van der Waals surface area contributed by atoms with E-state index in [-0.39, 0.29) is 23.7 Å². The molecular formula is C19H26N4O5S2. The van der Waals surface area contributed by atoms with Crippen molar-refractivity contribution in [2.24, 2.45) is 0 Å². The molecule has 0 radical (unpaired) electrons. The van der Waals surface area contributed by atoms with E-state index in [4.69, 9.17) is 0 Å². The van der Waals surface area contributed by atoms with Crippen LogP contribution in [0.5, 0.6) is 0 Å². The zero-order valence-electron chi connectivity index (χ0n) is 16.7. The fourth-order valence-electron chi connectivity index (χ4n) is 3.32. The number of rotatable bonds is 7. The van der Waals surface area contributed by atoms with Crippen molar-refractivity contribution in [3.8, 4) is 0 Å². The van der Waals surface area contributed by atoms with E-state index < -0.39 is 26.2 Å². The van der Waals surface area contributed by atoms with Gasteiger partial charge in [0.05, 0.1) is 17.3 Å². The van der Waals surface area contributed by atoms with Crippen molar-refractivity contribution < 1.29 is 21.9 Å². The molecule has 0 amide bonds. The maximum atomic E-state index is 13.0. The van der Waals surface area contributed by atoms with Crippen LogP contribution in [0.25, 0.3) is 0 Å². The molecule has 9 nitrogen and oxygen atoms in total. The van der Waals surface area contributed by atoms with Crippen molar-refractivity contribution in [3.63, 3.8) is 0 Å². The molecule has 0 saturated carbocycles. The summed E-state index contributed by atoms with van der Waals surface area (Å²) in [5.41, 5.74) is 1.23. The van der Waals surface area contributed by atoms with Gasteiger partial charge in [-0.2, -0.15) is 4.31 Å². The van der Waals surface area contributed by atoms with Crippen LogP contribution in [0, 0.1) is 0 Å². The zero-order chi connectivity index (χ0) is 21.8. The molecule has 2 N–H and O–H groups in total. The molecule has 0 spiro atoms. The topological polar surface area (TPSA) is 120 Å². The number of aromatic nitrogens is 1. The van der Waals surface area contributed by atoms with Gasteiger partial charge in [-0.3, -0.25) is 14.6 Å². The Morgan fingerprint density at radius 1 is 1.07 bits per heavy atom. The number of sulfonamides is 2. The van der Waals surface area contributed by atoms with Crippen LogP contribution in [0.2, 0.25) is 0 Å². The number of nitrogens with one attached hydrogen (secondary N) is 1. The minimum Gasteiger partial charge on any atom is -0.390 e. The van der Waals surface area contributed by atoms with Crippen LogP contribution in [-0.4, -0.2) is 81.2 Å². The summed E-state index contributed by atoms with van der Waals surface area (Å²) in [6.07, 6.45) is 2.67. The molecule has 0 aliphatic carbocycles. The summed E-state index contributed by atoms with van der Waals surface area (Å²) < 4.78 is 52.2. The smallest absolute Gasteiger partial charge is 0.243 e. The van der Waals surface area contributed by atoms with Crippen molar-refractivity contribution in [3.05, 3.63) is 54.4 Å².